The maximum Gasteiger partial charge on any atom is 0.215 e. The minimum atomic E-state index is -3.27. The van der Waals surface area contributed by atoms with Crippen molar-refractivity contribution in [1.29, 1.82) is 0 Å². The van der Waals surface area contributed by atoms with Gasteiger partial charge in [-0.15, -0.1) is 0 Å². The van der Waals surface area contributed by atoms with Crippen LogP contribution in [0.3, 0.4) is 0 Å². The van der Waals surface area contributed by atoms with Crippen LogP contribution in [0.5, 0.6) is 0 Å². The average Bonchev–Trinajstić information content (AvgIpc) is 2.40. The summed E-state index contributed by atoms with van der Waals surface area (Å²) in [6.07, 6.45) is 2.08. The molecule has 1 fully saturated rings. The fraction of sp³-hybridized carbons (Fsp3) is 0.538. The Hall–Kier alpha value is -0.980. The molecular formula is C13H19FN2O2S. The lowest BCUT2D eigenvalue weighted by Gasteiger charge is -2.23. The summed E-state index contributed by atoms with van der Waals surface area (Å²) in [4.78, 5) is 0. The molecule has 2 rings (SSSR count). The van der Waals surface area contributed by atoms with E-state index in [1.54, 1.807) is 12.1 Å². The van der Waals surface area contributed by atoms with Gasteiger partial charge in [0.2, 0.25) is 10.0 Å². The van der Waals surface area contributed by atoms with Gasteiger partial charge in [0, 0.05) is 13.1 Å². The van der Waals surface area contributed by atoms with Gasteiger partial charge < -0.3 is 5.32 Å². The van der Waals surface area contributed by atoms with Crippen molar-refractivity contribution in [3.05, 3.63) is 35.6 Å². The molecule has 0 amide bonds. The van der Waals surface area contributed by atoms with Gasteiger partial charge in [0.15, 0.2) is 0 Å². The standard InChI is InChI=1S/C13H19FN2O2S/c14-12-4-1-3-11(9-12)6-8-16-19(17,18)13-5-2-7-15-10-13/h1,3-4,9,13,15-16H,2,5-8,10H2. The molecule has 0 saturated carbocycles. The number of halogens is 1. The summed E-state index contributed by atoms with van der Waals surface area (Å²) >= 11 is 0. The van der Waals surface area contributed by atoms with Crippen LogP contribution in [-0.4, -0.2) is 33.3 Å². The Labute approximate surface area is 113 Å². The molecule has 1 atom stereocenters. The van der Waals surface area contributed by atoms with Crippen LogP contribution in [0.1, 0.15) is 18.4 Å². The van der Waals surface area contributed by atoms with E-state index in [1.165, 1.54) is 12.1 Å². The number of hydrogen-bond donors (Lipinski definition) is 2. The molecule has 1 heterocycles. The predicted molar refractivity (Wildman–Crippen MR) is 72.9 cm³/mol. The van der Waals surface area contributed by atoms with Gasteiger partial charge in [-0.05, 0) is 43.5 Å². The Morgan fingerprint density at radius 3 is 2.95 bits per heavy atom. The van der Waals surface area contributed by atoms with Crippen LogP contribution in [0.2, 0.25) is 0 Å². The highest BCUT2D eigenvalue weighted by molar-refractivity contribution is 7.90. The Morgan fingerprint density at radius 2 is 2.26 bits per heavy atom. The van der Waals surface area contributed by atoms with Gasteiger partial charge in [-0.3, -0.25) is 0 Å². The van der Waals surface area contributed by atoms with Gasteiger partial charge >= 0.3 is 0 Å². The molecule has 0 aromatic heterocycles. The quantitative estimate of drug-likeness (QED) is 0.850. The number of nitrogens with one attached hydrogen (secondary N) is 2. The first-order valence-electron chi connectivity index (χ1n) is 6.51. The number of piperidine rings is 1. The molecular weight excluding hydrogens is 267 g/mol. The molecule has 1 saturated heterocycles. The van der Waals surface area contributed by atoms with Crippen LogP contribution >= 0.6 is 0 Å². The van der Waals surface area contributed by atoms with Crippen molar-refractivity contribution in [2.75, 3.05) is 19.6 Å². The second-order valence-corrected chi connectivity index (χ2v) is 6.83. The third-order valence-electron chi connectivity index (χ3n) is 3.30. The molecule has 0 aliphatic carbocycles. The Balaban J connectivity index is 1.84. The number of hydrogen-bond acceptors (Lipinski definition) is 3. The molecule has 1 aliphatic heterocycles. The summed E-state index contributed by atoms with van der Waals surface area (Å²) in [7, 11) is -3.27. The van der Waals surface area contributed by atoms with Crippen molar-refractivity contribution in [2.24, 2.45) is 0 Å². The highest BCUT2D eigenvalue weighted by atomic mass is 32.2. The zero-order valence-electron chi connectivity index (χ0n) is 10.7. The number of sulfonamides is 1. The summed E-state index contributed by atoms with van der Waals surface area (Å²) in [6.45, 7) is 1.70. The normalized spacial score (nSPS) is 20.4. The zero-order chi connectivity index (χ0) is 13.7. The largest absolute Gasteiger partial charge is 0.315 e. The Bertz CT molecular complexity index is 513. The third kappa shape index (κ3) is 4.26. The third-order valence-corrected chi connectivity index (χ3v) is 5.18. The van der Waals surface area contributed by atoms with Crippen LogP contribution in [0.4, 0.5) is 4.39 Å². The van der Waals surface area contributed by atoms with Gasteiger partial charge in [0.1, 0.15) is 5.82 Å². The van der Waals surface area contributed by atoms with E-state index in [1.807, 2.05) is 0 Å². The first-order valence-corrected chi connectivity index (χ1v) is 8.06. The van der Waals surface area contributed by atoms with Crippen molar-refractivity contribution in [1.82, 2.24) is 10.0 Å². The summed E-state index contributed by atoms with van der Waals surface area (Å²) in [6, 6.07) is 6.22. The van der Waals surface area contributed by atoms with Crippen molar-refractivity contribution in [2.45, 2.75) is 24.5 Å². The van der Waals surface area contributed by atoms with Crippen LogP contribution < -0.4 is 10.0 Å². The second kappa shape index (κ2) is 6.45. The van der Waals surface area contributed by atoms with E-state index in [9.17, 15) is 12.8 Å². The predicted octanol–water partition coefficient (Wildman–Crippen LogP) is 1.04. The minimum absolute atomic E-state index is 0.295. The van der Waals surface area contributed by atoms with Gasteiger partial charge in [-0.1, -0.05) is 12.1 Å². The Morgan fingerprint density at radius 1 is 1.42 bits per heavy atom. The number of benzene rings is 1. The van der Waals surface area contributed by atoms with Crippen molar-refractivity contribution < 1.29 is 12.8 Å². The highest BCUT2D eigenvalue weighted by Crippen LogP contribution is 2.10. The van der Waals surface area contributed by atoms with Gasteiger partial charge in [-0.25, -0.2) is 17.5 Å². The lowest BCUT2D eigenvalue weighted by atomic mass is 10.1. The monoisotopic (exact) mass is 286 g/mol. The smallest absolute Gasteiger partial charge is 0.215 e. The zero-order valence-corrected chi connectivity index (χ0v) is 11.5. The molecule has 1 unspecified atom stereocenters. The van der Waals surface area contributed by atoms with Crippen LogP contribution in [0, 0.1) is 5.82 Å². The second-order valence-electron chi connectivity index (χ2n) is 4.79. The lowest BCUT2D eigenvalue weighted by molar-refractivity contribution is 0.490. The maximum absolute atomic E-state index is 13.0. The topological polar surface area (TPSA) is 58.2 Å². The molecule has 1 aromatic rings. The summed E-state index contributed by atoms with van der Waals surface area (Å²) in [5.74, 6) is -0.295. The van der Waals surface area contributed by atoms with Gasteiger partial charge in [-0.2, -0.15) is 0 Å². The molecule has 0 bridgehead atoms. The van der Waals surface area contributed by atoms with Crippen molar-refractivity contribution in [3.8, 4) is 0 Å². The molecule has 106 valence electrons. The van der Waals surface area contributed by atoms with E-state index >= 15 is 0 Å². The lowest BCUT2D eigenvalue weighted by Crippen LogP contribution is -2.44. The van der Waals surface area contributed by atoms with E-state index in [0.717, 1.165) is 18.5 Å². The molecule has 6 heteroatoms. The summed E-state index contributed by atoms with van der Waals surface area (Å²) in [5, 5.41) is 2.73. The van der Waals surface area contributed by atoms with Crippen LogP contribution in [0.25, 0.3) is 0 Å². The van der Waals surface area contributed by atoms with Crippen molar-refractivity contribution in [3.63, 3.8) is 0 Å². The highest BCUT2D eigenvalue weighted by Gasteiger charge is 2.26. The van der Waals surface area contributed by atoms with E-state index in [4.69, 9.17) is 0 Å². The molecule has 19 heavy (non-hydrogen) atoms. The van der Waals surface area contributed by atoms with Gasteiger partial charge in [0.25, 0.3) is 0 Å². The number of rotatable bonds is 5. The van der Waals surface area contributed by atoms with E-state index in [2.05, 4.69) is 10.0 Å². The molecule has 2 N–H and O–H groups in total. The maximum atomic E-state index is 13.0. The molecule has 0 radical (unpaired) electrons. The average molecular weight is 286 g/mol. The first kappa shape index (κ1) is 14.4. The summed E-state index contributed by atoms with van der Waals surface area (Å²) in [5.41, 5.74) is 0.796. The van der Waals surface area contributed by atoms with Crippen LogP contribution in [0.15, 0.2) is 24.3 Å². The van der Waals surface area contributed by atoms with E-state index in [0.29, 0.717) is 25.9 Å². The molecule has 4 nitrogen and oxygen atoms in total. The minimum Gasteiger partial charge on any atom is -0.315 e. The van der Waals surface area contributed by atoms with E-state index < -0.39 is 10.0 Å². The first-order chi connectivity index (χ1) is 9.08. The van der Waals surface area contributed by atoms with E-state index in [-0.39, 0.29) is 11.1 Å². The fourth-order valence-electron chi connectivity index (χ4n) is 2.23. The molecule has 1 aliphatic rings. The summed E-state index contributed by atoms with van der Waals surface area (Å²) < 4.78 is 39.6. The molecule has 0 spiro atoms. The SMILES string of the molecule is O=S(=O)(NCCc1cccc(F)c1)C1CCCNC1. The van der Waals surface area contributed by atoms with Gasteiger partial charge in [0.05, 0.1) is 5.25 Å². The molecule has 1 aromatic carbocycles. The Kier molecular flexibility index (Phi) is 4.90. The van der Waals surface area contributed by atoms with Crippen LogP contribution in [-0.2, 0) is 16.4 Å². The van der Waals surface area contributed by atoms with Crippen molar-refractivity contribution >= 4 is 10.0 Å². The fourth-order valence-corrected chi connectivity index (χ4v) is 3.67.